The largest absolute Gasteiger partial charge is 0.507 e. The maximum Gasteiger partial charge on any atom is 0.273 e. The lowest BCUT2D eigenvalue weighted by Crippen LogP contribution is -2.30. The highest BCUT2D eigenvalue weighted by Crippen LogP contribution is 2.45. The highest BCUT2D eigenvalue weighted by molar-refractivity contribution is 6.00. The molecule has 0 fully saturated rings. The summed E-state index contributed by atoms with van der Waals surface area (Å²) in [6.45, 7) is 8.95. The van der Waals surface area contributed by atoms with E-state index in [0.717, 1.165) is 47.9 Å². The molecular weight excluding hydrogens is 386 g/mol. The zero-order chi connectivity index (χ0) is 22.1. The second-order valence-corrected chi connectivity index (χ2v) is 8.54. The molecule has 1 aromatic heterocycles. The number of aromatic nitrogens is 2. The second-order valence-electron chi connectivity index (χ2n) is 8.54. The van der Waals surface area contributed by atoms with Crippen LogP contribution < -0.4 is 0 Å². The van der Waals surface area contributed by atoms with Crippen molar-refractivity contribution in [2.45, 2.75) is 59.4 Å². The molecule has 2 N–H and O–H groups in total. The lowest BCUT2D eigenvalue weighted by Gasteiger charge is -2.27. The van der Waals surface area contributed by atoms with Crippen LogP contribution >= 0.6 is 0 Å². The topological polar surface area (TPSA) is 69.2 Å². The van der Waals surface area contributed by atoms with E-state index >= 15 is 0 Å². The Kier molecular flexibility index (Phi) is 5.86. The number of hydrogen-bond acceptors (Lipinski definition) is 3. The molecule has 3 aromatic rings. The van der Waals surface area contributed by atoms with Crippen molar-refractivity contribution < 1.29 is 9.90 Å². The van der Waals surface area contributed by atoms with Gasteiger partial charge in [0, 0.05) is 17.7 Å². The van der Waals surface area contributed by atoms with E-state index in [4.69, 9.17) is 0 Å². The van der Waals surface area contributed by atoms with Crippen LogP contribution in [-0.2, 0) is 6.42 Å². The predicted octanol–water partition coefficient (Wildman–Crippen LogP) is 5.70. The second kappa shape index (κ2) is 8.58. The molecule has 4 rings (SSSR count). The van der Waals surface area contributed by atoms with Crippen LogP contribution in [0.25, 0.3) is 11.3 Å². The molecule has 31 heavy (non-hydrogen) atoms. The Morgan fingerprint density at radius 3 is 2.48 bits per heavy atom. The summed E-state index contributed by atoms with van der Waals surface area (Å²) in [6, 6.07) is 12.1. The number of aromatic amines is 1. The van der Waals surface area contributed by atoms with Gasteiger partial charge < -0.3 is 10.0 Å². The molecule has 1 unspecified atom stereocenters. The minimum Gasteiger partial charge on any atom is -0.507 e. The van der Waals surface area contributed by atoms with Crippen LogP contribution in [0, 0.1) is 13.8 Å². The van der Waals surface area contributed by atoms with Gasteiger partial charge in [0.2, 0.25) is 0 Å². The number of hydrogen-bond donors (Lipinski definition) is 2. The molecule has 5 nitrogen and oxygen atoms in total. The van der Waals surface area contributed by atoms with Gasteiger partial charge in [-0.3, -0.25) is 9.89 Å². The van der Waals surface area contributed by atoms with E-state index in [9.17, 15) is 9.90 Å². The van der Waals surface area contributed by atoms with E-state index in [-0.39, 0.29) is 17.7 Å². The van der Waals surface area contributed by atoms with Crippen molar-refractivity contribution in [1.82, 2.24) is 15.1 Å². The lowest BCUT2D eigenvalue weighted by molar-refractivity contribution is 0.0740. The van der Waals surface area contributed by atoms with Gasteiger partial charge in [-0.25, -0.2) is 0 Å². The smallest absolute Gasteiger partial charge is 0.273 e. The molecule has 0 bridgehead atoms. The summed E-state index contributed by atoms with van der Waals surface area (Å²) >= 11 is 0. The van der Waals surface area contributed by atoms with Crippen LogP contribution in [0.4, 0.5) is 0 Å². The molecule has 1 aliphatic heterocycles. The van der Waals surface area contributed by atoms with Crippen LogP contribution in [0.1, 0.15) is 77.5 Å². The molecule has 0 saturated heterocycles. The monoisotopic (exact) mass is 417 g/mol. The first-order valence-electron chi connectivity index (χ1n) is 11.2. The number of nitrogens with zero attached hydrogens (tertiary/aromatic N) is 2. The van der Waals surface area contributed by atoms with Gasteiger partial charge in [0.05, 0.1) is 6.04 Å². The molecule has 0 aliphatic carbocycles. The first-order chi connectivity index (χ1) is 15.0. The summed E-state index contributed by atoms with van der Waals surface area (Å²) in [7, 11) is 0. The molecule has 0 spiro atoms. The van der Waals surface area contributed by atoms with Gasteiger partial charge in [-0.15, -0.1) is 0 Å². The van der Waals surface area contributed by atoms with Crippen molar-refractivity contribution in [3.05, 3.63) is 69.9 Å². The van der Waals surface area contributed by atoms with Crippen LogP contribution in [-0.4, -0.2) is 32.7 Å². The molecule has 162 valence electrons. The first kappa shape index (κ1) is 21.2. The number of aryl methyl sites for hydroxylation is 3. The highest BCUT2D eigenvalue weighted by atomic mass is 16.3. The number of fused-ring (bicyclic) bond motifs is 1. The summed E-state index contributed by atoms with van der Waals surface area (Å²) in [5, 5.41) is 18.3. The van der Waals surface area contributed by atoms with E-state index in [0.29, 0.717) is 23.5 Å². The minimum atomic E-state index is -0.209. The van der Waals surface area contributed by atoms with Crippen molar-refractivity contribution in [2.24, 2.45) is 0 Å². The van der Waals surface area contributed by atoms with Gasteiger partial charge in [-0.05, 0) is 55.0 Å². The Morgan fingerprint density at radius 1 is 1.10 bits per heavy atom. The van der Waals surface area contributed by atoms with Gasteiger partial charge in [0.15, 0.2) is 0 Å². The zero-order valence-electron chi connectivity index (χ0n) is 18.8. The Bertz CT molecular complexity index is 1080. The van der Waals surface area contributed by atoms with Crippen LogP contribution in [0.2, 0.25) is 0 Å². The molecule has 1 aliphatic rings. The number of nitrogens with one attached hydrogen (secondary N) is 1. The van der Waals surface area contributed by atoms with Gasteiger partial charge in [0.1, 0.15) is 17.1 Å². The summed E-state index contributed by atoms with van der Waals surface area (Å²) in [5.74, 6) is 0.183. The van der Waals surface area contributed by atoms with Crippen LogP contribution in [0.5, 0.6) is 5.75 Å². The van der Waals surface area contributed by atoms with E-state index in [1.165, 1.54) is 5.56 Å². The molecule has 1 atom stereocenters. The van der Waals surface area contributed by atoms with E-state index in [1.54, 1.807) is 6.07 Å². The number of carbonyl (C=O) groups excluding carboxylic acids is 1. The number of benzene rings is 2. The molecule has 0 radical (unpaired) electrons. The quantitative estimate of drug-likeness (QED) is 0.485. The Morgan fingerprint density at radius 2 is 1.84 bits per heavy atom. The summed E-state index contributed by atoms with van der Waals surface area (Å²) in [4.78, 5) is 15.3. The van der Waals surface area contributed by atoms with E-state index < -0.39 is 0 Å². The van der Waals surface area contributed by atoms with E-state index in [2.05, 4.69) is 48.3 Å². The summed E-state index contributed by atoms with van der Waals surface area (Å²) in [5.41, 5.74) is 7.06. The normalized spacial score (nSPS) is 15.5. The van der Waals surface area contributed by atoms with E-state index in [1.807, 2.05) is 24.8 Å². The molecular formula is C26H31N3O2. The van der Waals surface area contributed by atoms with Crippen molar-refractivity contribution >= 4 is 5.91 Å². The number of phenols is 1. The van der Waals surface area contributed by atoms with Crippen molar-refractivity contribution in [3.8, 4) is 17.0 Å². The fraction of sp³-hybridized carbons (Fsp3) is 0.385. The SMILES string of the molecule is CCCCCN1C(=O)c2[nH]nc(-c3c(C)cc(C)cc3O)c2C1c1ccc(CC)cc1. The molecule has 2 aromatic carbocycles. The Hall–Kier alpha value is -3.08. The highest BCUT2D eigenvalue weighted by Gasteiger charge is 2.42. The molecule has 5 heteroatoms. The number of amides is 1. The summed E-state index contributed by atoms with van der Waals surface area (Å²) in [6.07, 6.45) is 4.13. The average Bonchev–Trinajstić information content (AvgIpc) is 3.27. The Labute approximate surface area is 184 Å². The number of phenolic OH excluding ortho intramolecular Hbond substituents is 1. The van der Waals surface area contributed by atoms with Gasteiger partial charge in [0.25, 0.3) is 5.91 Å². The molecule has 2 heterocycles. The Balaban J connectivity index is 1.86. The third-order valence-corrected chi connectivity index (χ3v) is 6.27. The third kappa shape index (κ3) is 3.73. The number of unbranched alkanes of at least 4 members (excludes halogenated alkanes) is 2. The van der Waals surface area contributed by atoms with Crippen LogP contribution in [0.3, 0.4) is 0 Å². The number of H-pyrrole nitrogens is 1. The minimum absolute atomic E-state index is 0.0151. The van der Waals surface area contributed by atoms with Crippen molar-refractivity contribution in [2.75, 3.05) is 6.54 Å². The first-order valence-corrected chi connectivity index (χ1v) is 11.2. The number of aromatic hydroxyl groups is 1. The standard InChI is InChI=1S/C26H31N3O2/c1-5-7-8-13-29-25(19-11-9-18(6-2)10-12-19)22-23(27-28-24(22)26(29)31)21-17(4)14-16(3)15-20(21)30/h9-12,14-15,25,30H,5-8,13H2,1-4H3,(H,27,28). The number of rotatable bonds is 7. The maximum absolute atomic E-state index is 13.4. The van der Waals surface area contributed by atoms with Gasteiger partial charge >= 0.3 is 0 Å². The van der Waals surface area contributed by atoms with Crippen molar-refractivity contribution in [3.63, 3.8) is 0 Å². The fourth-order valence-electron chi connectivity index (χ4n) is 4.69. The van der Waals surface area contributed by atoms with Gasteiger partial charge in [-0.1, -0.05) is 57.0 Å². The molecule has 0 saturated carbocycles. The zero-order valence-corrected chi connectivity index (χ0v) is 18.8. The van der Waals surface area contributed by atoms with Crippen LogP contribution in [0.15, 0.2) is 36.4 Å². The maximum atomic E-state index is 13.4. The number of carbonyl (C=O) groups is 1. The fourth-order valence-corrected chi connectivity index (χ4v) is 4.69. The lowest BCUT2D eigenvalue weighted by atomic mass is 9.92. The third-order valence-electron chi connectivity index (χ3n) is 6.27. The average molecular weight is 418 g/mol. The predicted molar refractivity (Wildman–Crippen MR) is 123 cm³/mol. The van der Waals surface area contributed by atoms with Gasteiger partial charge in [-0.2, -0.15) is 5.10 Å². The summed E-state index contributed by atoms with van der Waals surface area (Å²) < 4.78 is 0. The molecule has 1 amide bonds. The van der Waals surface area contributed by atoms with Crippen molar-refractivity contribution in [1.29, 1.82) is 0 Å².